The maximum atomic E-state index is 4.44. The average molecular weight is 223 g/mol. The minimum absolute atomic E-state index is 0.581. The molecule has 0 radical (unpaired) electrons. The largest absolute Gasteiger partial charge is 0.335 e. The molecule has 1 aromatic rings. The smallest absolute Gasteiger partial charge is 0.110 e. The Balaban J connectivity index is 2.52. The normalized spacial score (nSPS) is 12.9. The van der Waals surface area contributed by atoms with E-state index in [2.05, 4.69) is 41.8 Å². The van der Waals surface area contributed by atoms with E-state index in [-0.39, 0.29) is 0 Å². The van der Waals surface area contributed by atoms with E-state index in [1.165, 1.54) is 25.1 Å². The number of aromatic nitrogens is 2. The molecule has 3 heteroatoms. The molecule has 0 amide bonds. The Morgan fingerprint density at radius 2 is 2.12 bits per heavy atom. The summed E-state index contributed by atoms with van der Waals surface area (Å²) in [7, 11) is 0. The molecule has 0 saturated heterocycles. The van der Waals surface area contributed by atoms with E-state index in [1.807, 2.05) is 6.20 Å². The third-order valence-electron chi connectivity index (χ3n) is 2.89. The van der Waals surface area contributed by atoms with Crippen molar-refractivity contribution in [2.45, 2.75) is 59.0 Å². The lowest BCUT2D eigenvalue weighted by Crippen LogP contribution is -2.32. The Morgan fingerprint density at radius 1 is 1.31 bits per heavy atom. The van der Waals surface area contributed by atoms with Crippen LogP contribution in [0.4, 0.5) is 0 Å². The highest BCUT2D eigenvalue weighted by Gasteiger charge is 2.10. The zero-order valence-corrected chi connectivity index (χ0v) is 10.9. The first-order valence-corrected chi connectivity index (χ1v) is 6.55. The quantitative estimate of drug-likeness (QED) is 0.734. The maximum Gasteiger partial charge on any atom is 0.110 e. The number of nitrogens with zero attached hydrogens (tertiary/aromatic N) is 2. The summed E-state index contributed by atoms with van der Waals surface area (Å²) in [6.45, 7) is 8.74. The van der Waals surface area contributed by atoms with Gasteiger partial charge >= 0.3 is 0 Å². The van der Waals surface area contributed by atoms with Gasteiger partial charge in [-0.25, -0.2) is 4.98 Å². The van der Waals surface area contributed by atoms with Gasteiger partial charge < -0.3 is 9.88 Å². The number of nitrogens with one attached hydrogen (secondary N) is 1. The third-order valence-corrected chi connectivity index (χ3v) is 2.89. The molecule has 0 aromatic carbocycles. The monoisotopic (exact) mass is 223 g/mol. The molecule has 0 aliphatic rings. The van der Waals surface area contributed by atoms with Crippen LogP contribution in [0.5, 0.6) is 0 Å². The van der Waals surface area contributed by atoms with Crippen molar-refractivity contribution in [3.05, 3.63) is 18.2 Å². The van der Waals surface area contributed by atoms with Gasteiger partial charge in [-0.05, 0) is 26.3 Å². The van der Waals surface area contributed by atoms with Gasteiger partial charge in [0, 0.05) is 31.4 Å². The van der Waals surface area contributed by atoms with Crippen LogP contribution >= 0.6 is 0 Å². The number of rotatable bonds is 8. The predicted molar refractivity (Wildman–Crippen MR) is 68.6 cm³/mol. The van der Waals surface area contributed by atoms with Gasteiger partial charge in [0.15, 0.2) is 0 Å². The average Bonchev–Trinajstić information content (AvgIpc) is 2.73. The Hall–Kier alpha value is -0.830. The maximum absolute atomic E-state index is 4.44. The standard InChI is InChI=1S/C13H25N3/c1-4-7-12(14-8-5-2)11-13-15-9-10-16(13)6-3/h9-10,12,14H,4-8,11H2,1-3H3. The molecule has 0 saturated carbocycles. The van der Waals surface area contributed by atoms with Crippen LogP contribution in [0.3, 0.4) is 0 Å². The first-order chi connectivity index (χ1) is 7.81. The van der Waals surface area contributed by atoms with Gasteiger partial charge in [0.25, 0.3) is 0 Å². The Kier molecular flexibility index (Phi) is 6.16. The first-order valence-electron chi connectivity index (χ1n) is 6.55. The van der Waals surface area contributed by atoms with E-state index in [9.17, 15) is 0 Å². The summed E-state index contributed by atoms with van der Waals surface area (Å²) in [5.74, 6) is 1.21. The van der Waals surface area contributed by atoms with E-state index in [0.717, 1.165) is 19.5 Å². The van der Waals surface area contributed by atoms with Gasteiger partial charge in [-0.1, -0.05) is 20.3 Å². The molecule has 0 fully saturated rings. The Labute approximate surface area is 99.3 Å². The van der Waals surface area contributed by atoms with E-state index >= 15 is 0 Å². The Bertz CT molecular complexity index is 280. The van der Waals surface area contributed by atoms with Crippen LogP contribution in [0, 0.1) is 0 Å². The van der Waals surface area contributed by atoms with Crippen molar-refractivity contribution in [3.8, 4) is 0 Å². The van der Waals surface area contributed by atoms with Gasteiger partial charge in [0.2, 0.25) is 0 Å². The van der Waals surface area contributed by atoms with E-state index in [0.29, 0.717) is 6.04 Å². The molecule has 1 unspecified atom stereocenters. The molecule has 0 aliphatic heterocycles. The molecule has 0 bridgehead atoms. The lowest BCUT2D eigenvalue weighted by molar-refractivity contribution is 0.457. The van der Waals surface area contributed by atoms with Crippen molar-refractivity contribution < 1.29 is 0 Å². The van der Waals surface area contributed by atoms with Crippen molar-refractivity contribution in [2.75, 3.05) is 6.54 Å². The second kappa shape index (κ2) is 7.44. The van der Waals surface area contributed by atoms with Gasteiger partial charge in [-0.3, -0.25) is 0 Å². The molecule has 1 heterocycles. The molecule has 1 rings (SSSR count). The molecule has 3 nitrogen and oxygen atoms in total. The van der Waals surface area contributed by atoms with Gasteiger partial charge in [0.05, 0.1) is 0 Å². The Morgan fingerprint density at radius 3 is 2.75 bits per heavy atom. The van der Waals surface area contributed by atoms with Gasteiger partial charge in [-0.15, -0.1) is 0 Å². The molecule has 1 atom stereocenters. The highest BCUT2D eigenvalue weighted by molar-refractivity contribution is 4.95. The van der Waals surface area contributed by atoms with Crippen molar-refractivity contribution in [1.29, 1.82) is 0 Å². The van der Waals surface area contributed by atoms with Crippen LogP contribution in [0.1, 0.15) is 45.9 Å². The number of aryl methyl sites for hydroxylation is 1. The lowest BCUT2D eigenvalue weighted by Gasteiger charge is -2.17. The van der Waals surface area contributed by atoms with Crippen LogP contribution in [-0.2, 0) is 13.0 Å². The second-order valence-corrected chi connectivity index (χ2v) is 4.27. The fourth-order valence-electron chi connectivity index (χ4n) is 2.01. The van der Waals surface area contributed by atoms with Crippen LogP contribution < -0.4 is 5.32 Å². The highest BCUT2D eigenvalue weighted by Crippen LogP contribution is 2.06. The fraction of sp³-hybridized carbons (Fsp3) is 0.769. The minimum atomic E-state index is 0.581. The fourth-order valence-corrected chi connectivity index (χ4v) is 2.01. The zero-order chi connectivity index (χ0) is 11.8. The van der Waals surface area contributed by atoms with Crippen molar-refractivity contribution in [1.82, 2.24) is 14.9 Å². The minimum Gasteiger partial charge on any atom is -0.335 e. The molecular formula is C13H25N3. The highest BCUT2D eigenvalue weighted by atomic mass is 15.1. The van der Waals surface area contributed by atoms with E-state index in [1.54, 1.807) is 0 Å². The number of hydrogen-bond acceptors (Lipinski definition) is 2. The van der Waals surface area contributed by atoms with Gasteiger partial charge in [0.1, 0.15) is 5.82 Å². The van der Waals surface area contributed by atoms with Crippen LogP contribution in [0.2, 0.25) is 0 Å². The lowest BCUT2D eigenvalue weighted by atomic mass is 10.1. The summed E-state index contributed by atoms with van der Waals surface area (Å²) >= 11 is 0. The van der Waals surface area contributed by atoms with Crippen molar-refractivity contribution in [2.24, 2.45) is 0 Å². The van der Waals surface area contributed by atoms with Crippen LogP contribution in [0.25, 0.3) is 0 Å². The third kappa shape index (κ3) is 3.97. The summed E-state index contributed by atoms with van der Waals surface area (Å²) < 4.78 is 2.23. The molecular weight excluding hydrogens is 198 g/mol. The summed E-state index contributed by atoms with van der Waals surface area (Å²) in [5, 5.41) is 3.61. The second-order valence-electron chi connectivity index (χ2n) is 4.27. The predicted octanol–water partition coefficient (Wildman–Crippen LogP) is 2.61. The molecule has 16 heavy (non-hydrogen) atoms. The molecule has 0 aliphatic carbocycles. The molecule has 1 N–H and O–H groups in total. The topological polar surface area (TPSA) is 29.9 Å². The number of imidazole rings is 1. The molecule has 1 aromatic heterocycles. The number of hydrogen-bond donors (Lipinski definition) is 1. The molecule has 0 spiro atoms. The van der Waals surface area contributed by atoms with E-state index in [4.69, 9.17) is 0 Å². The van der Waals surface area contributed by atoms with Gasteiger partial charge in [-0.2, -0.15) is 0 Å². The first kappa shape index (κ1) is 13.2. The summed E-state index contributed by atoms with van der Waals surface area (Å²) in [5.41, 5.74) is 0. The van der Waals surface area contributed by atoms with Crippen LogP contribution in [-0.4, -0.2) is 22.1 Å². The molecule has 92 valence electrons. The zero-order valence-electron chi connectivity index (χ0n) is 10.9. The van der Waals surface area contributed by atoms with Crippen LogP contribution in [0.15, 0.2) is 12.4 Å². The summed E-state index contributed by atoms with van der Waals surface area (Å²) in [6.07, 6.45) is 8.68. The van der Waals surface area contributed by atoms with Crippen molar-refractivity contribution >= 4 is 0 Å². The van der Waals surface area contributed by atoms with E-state index < -0.39 is 0 Å². The SMILES string of the molecule is CCCNC(CCC)Cc1nccn1CC. The van der Waals surface area contributed by atoms with Crippen molar-refractivity contribution in [3.63, 3.8) is 0 Å². The summed E-state index contributed by atoms with van der Waals surface area (Å²) in [4.78, 5) is 4.44. The summed E-state index contributed by atoms with van der Waals surface area (Å²) in [6, 6.07) is 0.581.